The van der Waals surface area contributed by atoms with Crippen molar-refractivity contribution < 1.29 is 19.4 Å². The average molecular weight is 299 g/mol. The van der Waals surface area contributed by atoms with Gasteiger partial charge in [0, 0.05) is 18.6 Å². The van der Waals surface area contributed by atoms with Crippen molar-refractivity contribution in [1.82, 2.24) is 10.2 Å². The Kier molecular flexibility index (Phi) is 4.46. The van der Waals surface area contributed by atoms with Crippen LogP contribution in [0.4, 0.5) is 0 Å². The van der Waals surface area contributed by atoms with Crippen molar-refractivity contribution in [1.29, 1.82) is 0 Å². The molecule has 6 nitrogen and oxygen atoms in total. The number of halogens is 1. The topological polar surface area (TPSA) is 78.9 Å². The van der Waals surface area contributed by atoms with Crippen LogP contribution in [-0.2, 0) is 9.53 Å². The largest absolute Gasteiger partial charge is 0.507 e. The molecular weight excluding hydrogens is 284 g/mol. The fraction of sp³-hybridized carbons (Fsp3) is 0.385. The third-order valence-corrected chi connectivity index (χ3v) is 3.36. The average Bonchev–Trinajstić information content (AvgIpc) is 2.46. The van der Waals surface area contributed by atoms with E-state index in [0.717, 1.165) is 0 Å². The van der Waals surface area contributed by atoms with E-state index >= 15 is 0 Å². The lowest BCUT2D eigenvalue weighted by Crippen LogP contribution is -2.55. The fourth-order valence-corrected chi connectivity index (χ4v) is 2.24. The van der Waals surface area contributed by atoms with E-state index in [4.69, 9.17) is 16.3 Å². The molecule has 108 valence electrons. The molecule has 0 aromatic heterocycles. The third-order valence-electron chi connectivity index (χ3n) is 3.13. The van der Waals surface area contributed by atoms with Crippen LogP contribution >= 0.6 is 11.6 Å². The van der Waals surface area contributed by atoms with Crippen LogP contribution in [0, 0.1) is 0 Å². The molecule has 1 fully saturated rings. The molecule has 1 aromatic rings. The summed E-state index contributed by atoms with van der Waals surface area (Å²) < 4.78 is 5.23. The zero-order chi connectivity index (χ0) is 14.7. The highest BCUT2D eigenvalue weighted by molar-refractivity contribution is 6.30. The number of ether oxygens (including phenoxy) is 1. The number of amides is 2. The molecular formula is C13H15ClN2O4. The van der Waals surface area contributed by atoms with Gasteiger partial charge in [-0.3, -0.25) is 9.59 Å². The minimum absolute atomic E-state index is 0.116. The minimum Gasteiger partial charge on any atom is -0.507 e. The lowest BCUT2D eigenvalue weighted by molar-refractivity contribution is -0.130. The number of nitrogens with zero attached hydrogens (tertiary/aromatic N) is 1. The molecule has 1 atom stereocenters. The Balaban J connectivity index is 2.27. The van der Waals surface area contributed by atoms with E-state index in [9.17, 15) is 14.7 Å². The van der Waals surface area contributed by atoms with Gasteiger partial charge in [0.25, 0.3) is 5.91 Å². The van der Waals surface area contributed by atoms with Crippen LogP contribution < -0.4 is 5.32 Å². The normalized spacial score (nSPS) is 18.7. The van der Waals surface area contributed by atoms with Crippen molar-refractivity contribution in [2.24, 2.45) is 0 Å². The van der Waals surface area contributed by atoms with Gasteiger partial charge in [-0.25, -0.2) is 0 Å². The summed E-state index contributed by atoms with van der Waals surface area (Å²) in [5, 5.41) is 12.6. The van der Waals surface area contributed by atoms with Crippen molar-refractivity contribution in [3.05, 3.63) is 28.8 Å². The Morgan fingerprint density at radius 2 is 2.25 bits per heavy atom. The van der Waals surface area contributed by atoms with E-state index in [1.165, 1.54) is 30.1 Å². The third kappa shape index (κ3) is 2.86. The summed E-state index contributed by atoms with van der Waals surface area (Å²) >= 11 is 5.74. The Hall–Kier alpha value is -1.79. The van der Waals surface area contributed by atoms with Gasteiger partial charge in [-0.05, 0) is 18.2 Å². The molecule has 1 aliphatic heterocycles. The van der Waals surface area contributed by atoms with Gasteiger partial charge in [-0.1, -0.05) is 11.6 Å². The number of morpholine rings is 1. The molecule has 0 aliphatic carbocycles. The fourth-order valence-electron chi connectivity index (χ4n) is 2.07. The van der Waals surface area contributed by atoms with Gasteiger partial charge in [0.05, 0.1) is 18.8 Å². The number of nitrogens with one attached hydrogen (secondary N) is 1. The molecule has 2 rings (SSSR count). The van der Waals surface area contributed by atoms with Crippen molar-refractivity contribution in [2.75, 3.05) is 26.8 Å². The molecule has 1 saturated heterocycles. The highest BCUT2D eigenvalue weighted by Gasteiger charge is 2.33. The maximum atomic E-state index is 12.4. The molecule has 0 saturated carbocycles. The Bertz CT molecular complexity index is 535. The van der Waals surface area contributed by atoms with Crippen LogP contribution in [-0.4, -0.2) is 54.7 Å². The van der Waals surface area contributed by atoms with Gasteiger partial charge in [0.1, 0.15) is 11.8 Å². The number of benzene rings is 1. The van der Waals surface area contributed by atoms with Crippen LogP contribution in [0.3, 0.4) is 0 Å². The number of rotatable bonds is 2. The van der Waals surface area contributed by atoms with E-state index in [2.05, 4.69) is 5.32 Å². The minimum atomic E-state index is -0.698. The van der Waals surface area contributed by atoms with E-state index in [0.29, 0.717) is 18.2 Å². The number of phenols is 1. The summed E-state index contributed by atoms with van der Waals surface area (Å²) in [7, 11) is 1.50. The highest BCUT2D eigenvalue weighted by atomic mass is 35.5. The number of carbonyl (C=O) groups is 2. The monoisotopic (exact) mass is 298 g/mol. The predicted octanol–water partition coefficient (Wildman–Crippen LogP) is 0.633. The molecule has 0 spiro atoms. The Morgan fingerprint density at radius 3 is 2.90 bits per heavy atom. The Labute approximate surface area is 121 Å². The summed E-state index contributed by atoms with van der Waals surface area (Å²) in [6, 6.07) is 3.56. The molecule has 1 heterocycles. The lowest BCUT2D eigenvalue weighted by atomic mass is 10.1. The van der Waals surface area contributed by atoms with Crippen LogP contribution in [0.5, 0.6) is 5.75 Å². The number of hydrogen-bond acceptors (Lipinski definition) is 4. The van der Waals surface area contributed by atoms with Gasteiger partial charge < -0.3 is 20.1 Å². The first kappa shape index (κ1) is 14.6. The van der Waals surface area contributed by atoms with Gasteiger partial charge in [-0.2, -0.15) is 0 Å². The summed E-state index contributed by atoms with van der Waals surface area (Å²) in [6.45, 7) is 0.784. The molecule has 0 bridgehead atoms. The van der Waals surface area contributed by atoms with Crippen LogP contribution in [0.2, 0.25) is 5.02 Å². The molecule has 2 N–H and O–H groups in total. The zero-order valence-electron chi connectivity index (χ0n) is 10.9. The van der Waals surface area contributed by atoms with Gasteiger partial charge in [0.15, 0.2) is 0 Å². The summed E-state index contributed by atoms with van der Waals surface area (Å²) in [4.78, 5) is 25.6. The second-order valence-corrected chi connectivity index (χ2v) is 4.80. The second-order valence-electron chi connectivity index (χ2n) is 4.36. The van der Waals surface area contributed by atoms with E-state index < -0.39 is 11.9 Å². The molecule has 1 aliphatic rings. The lowest BCUT2D eigenvalue weighted by Gasteiger charge is -2.34. The zero-order valence-corrected chi connectivity index (χ0v) is 11.7. The van der Waals surface area contributed by atoms with Crippen LogP contribution in [0.25, 0.3) is 0 Å². The number of carbonyl (C=O) groups excluding carboxylic acids is 2. The summed E-state index contributed by atoms with van der Waals surface area (Å²) in [5.41, 5.74) is 0.116. The van der Waals surface area contributed by atoms with Crippen LogP contribution in [0.1, 0.15) is 10.4 Å². The molecule has 2 amide bonds. The smallest absolute Gasteiger partial charge is 0.258 e. The predicted molar refractivity (Wildman–Crippen MR) is 72.8 cm³/mol. The number of aromatic hydroxyl groups is 1. The van der Waals surface area contributed by atoms with Gasteiger partial charge >= 0.3 is 0 Å². The molecule has 0 radical (unpaired) electrons. The number of likely N-dealkylation sites (N-methyl/N-ethyl adjacent to an activating group) is 1. The molecule has 20 heavy (non-hydrogen) atoms. The molecule has 1 aromatic carbocycles. The SMILES string of the molecule is CNC(=O)C1COCCN1C(=O)c1ccc(Cl)cc1O. The van der Waals surface area contributed by atoms with E-state index in [1.807, 2.05) is 0 Å². The van der Waals surface area contributed by atoms with Crippen molar-refractivity contribution in [3.63, 3.8) is 0 Å². The molecule has 7 heteroatoms. The second kappa shape index (κ2) is 6.11. The summed E-state index contributed by atoms with van der Waals surface area (Å²) in [6.07, 6.45) is 0. The van der Waals surface area contributed by atoms with Crippen LogP contribution in [0.15, 0.2) is 18.2 Å². The first-order chi connectivity index (χ1) is 9.54. The van der Waals surface area contributed by atoms with Crippen molar-refractivity contribution >= 4 is 23.4 Å². The van der Waals surface area contributed by atoms with E-state index in [-0.39, 0.29) is 23.8 Å². The number of phenolic OH excluding ortho intramolecular Hbond substituents is 1. The van der Waals surface area contributed by atoms with Gasteiger partial charge in [0.2, 0.25) is 5.91 Å². The van der Waals surface area contributed by atoms with Gasteiger partial charge in [-0.15, -0.1) is 0 Å². The number of hydrogen-bond donors (Lipinski definition) is 2. The maximum absolute atomic E-state index is 12.4. The van der Waals surface area contributed by atoms with Crippen molar-refractivity contribution in [3.8, 4) is 5.75 Å². The van der Waals surface area contributed by atoms with Crippen molar-refractivity contribution in [2.45, 2.75) is 6.04 Å². The standard InChI is InChI=1S/C13H15ClN2O4/c1-15-12(18)10-7-20-5-4-16(10)13(19)9-3-2-8(14)6-11(9)17/h2-3,6,10,17H,4-5,7H2,1H3,(H,15,18). The maximum Gasteiger partial charge on any atom is 0.258 e. The quantitative estimate of drug-likeness (QED) is 0.839. The molecule has 1 unspecified atom stereocenters. The Morgan fingerprint density at radius 1 is 1.50 bits per heavy atom. The first-order valence-corrected chi connectivity index (χ1v) is 6.51. The van der Waals surface area contributed by atoms with E-state index in [1.54, 1.807) is 0 Å². The summed E-state index contributed by atoms with van der Waals surface area (Å²) in [5.74, 6) is -0.924. The highest BCUT2D eigenvalue weighted by Crippen LogP contribution is 2.24. The first-order valence-electron chi connectivity index (χ1n) is 6.13.